The molecule has 0 spiro atoms. The second kappa shape index (κ2) is 10.8. The molecule has 0 amide bonds. The zero-order valence-corrected chi connectivity index (χ0v) is 21.3. The van der Waals surface area contributed by atoms with Crippen molar-refractivity contribution in [3.8, 4) is 17.1 Å². The summed E-state index contributed by atoms with van der Waals surface area (Å²) in [6.07, 6.45) is 1.57. The molecule has 0 radical (unpaired) electrons. The lowest BCUT2D eigenvalue weighted by Crippen LogP contribution is -2.05. The fourth-order valence-electron chi connectivity index (χ4n) is 3.62. The van der Waals surface area contributed by atoms with Crippen LogP contribution in [0.3, 0.4) is 0 Å². The Balaban J connectivity index is 1.60. The van der Waals surface area contributed by atoms with E-state index < -0.39 is 5.97 Å². The molecular formula is C26H22ClN3O5S. The highest BCUT2D eigenvalue weighted by Gasteiger charge is 2.18. The number of hydrogen-bond donors (Lipinski definition) is 1. The predicted octanol–water partition coefficient (Wildman–Crippen LogP) is 6.19. The summed E-state index contributed by atoms with van der Waals surface area (Å²) < 4.78 is 12.7. The maximum Gasteiger partial charge on any atom is 0.342 e. The molecule has 0 atom stereocenters. The molecule has 0 aliphatic carbocycles. The van der Waals surface area contributed by atoms with Crippen LogP contribution < -0.4 is 0 Å². The van der Waals surface area contributed by atoms with Gasteiger partial charge in [0.25, 0.3) is 5.22 Å². The second-order valence-corrected chi connectivity index (χ2v) is 9.15. The van der Waals surface area contributed by atoms with Crippen LogP contribution >= 0.6 is 23.4 Å². The number of esters is 1. The molecule has 0 bridgehead atoms. The number of carbonyl (C=O) groups is 2. The Morgan fingerprint density at radius 3 is 2.44 bits per heavy atom. The van der Waals surface area contributed by atoms with Crippen molar-refractivity contribution in [2.75, 3.05) is 6.61 Å². The first-order valence-corrected chi connectivity index (χ1v) is 12.1. The van der Waals surface area contributed by atoms with Crippen LogP contribution in [0.2, 0.25) is 5.02 Å². The lowest BCUT2D eigenvalue weighted by molar-refractivity contribution is -0.131. The average Bonchev–Trinajstić information content (AvgIpc) is 3.43. The van der Waals surface area contributed by atoms with E-state index in [4.69, 9.17) is 20.8 Å². The number of benzene rings is 2. The van der Waals surface area contributed by atoms with Gasteiger partial charge in [0.2, 0.25) is 5.89 Å². The summed E-state index contributed by atoms with van der Waals surface area (Å²) in [6.45, 7) is 5.89. The molecule has 10 heteroatoms. The summed E-state index contributed by atoms with van der Waals surface area (Å²) in [5.41, 5.74) is 4.45. The van der Waals surface area contributed by atoms with Crippen molar-refractivity contribution in [2.24, 2.45) is 0 Å². The van der Waals surface area contributed by atoms with Crippen molar-refractivity contribution in [1.82, 2.24) is 14.8 Å². The van der Waals surface area contributed by atoms with Crippen LogP contribution in [0.5, 0.6) is 0 Å². The molecule has 2 aromatic heterocycles. The smallest absolute Gasteiger partial charge is 0.342 e. The number of rotatable bonds is 8. The second-order valence-electron chi connectivity index (χ2n) is 7.73. The topological polar surface area (TPSA) is 107 Å². The Morgan fingerprint density at radius 2 is 1.81 bits per heavy atom. The Morgan fingerprint density at radius 1 is 1.11 bits per heavy atom. The van der Waals surface area contributed by atoms with E-state index in [1.54, 1.807) is 49.4 Å². The van der Waals surface area contributed by atoms with Gasteiger partial charge in [0.05, 0.1) is 12.2 Å². The van der Waals surface area contributed by atoms with Gasteiger partial charge in [-0.1, -0.05) is 11.6 Å². The molecule has 2 aromatic carbocycles. The molecule has 0 unspecified atom stereocenters. The number of nitrogens with zero attached hydrogens (tertiary/aromatic N) is 3. The molecule has 184 valence electrons. The molecule has 4 rings (SSSR count). The van der Waals surface area contributed by atoms with Gasteiger partial charge in [-0.05, 0) is 98.8 Å². The Bertz CT molecular complexity index is 1440. The van der Waals surface area contributed by atoms with Crippen molar-refractivity contribution in [3.63, 3.8) is 0 Å². The summed E-state index contributed by atoms with van der Waals surface area (Å²) in [5.74, 6) is -1.23. The zero-order valence-electron chi connectivity index (χ0n) is 19.7. The SMILES string of the molecule is CCOC(=O)c1ccc(-n2c(C)cc(/C=C(\Sc3nnc(-c4ccc(Cl)cc4)o3)C(=O)O)c2C)cc1. The third kappa shape index (κ3) is 5.53. The van der Waals surface area contributed by atoms with Gasteiger partial charge < -0.3 is 18.8 Å². The van der Waals surface area contributed by atoms with Gasteiger partial charge in [-0.3, -0.25) is 0 Å². The highest BCUT2D eigenvalue weighted by molar-refractivity contribution is 8.03. The largest absolute Gasteiger partial charge is 0.477 e. The van der Waals surface area contributed by atoms with Crippen LogP contribution in [0.25, 0.3) is 23.2 Å². The van der Waals surface area contributed by atoms with Crippen LogP contribution in [0, 0.1) is 13.8 Å². The van der Waals surface area contributed by atoms with E-state index in [1.165, 1.54) is 0 Å². The normalized spacial score (nSPS) is 11.5. The number of carboxylic acid groups (broad SMARTS) is 1. The van der Waals surface area contributed by atoms with Crippen LogP contribution in [0.4, 0.5) is 0 Å². The molecular weight excluding hydrogens is 502 g/mol. The number of thioether (sulfide) groups is 1. The number of ether oxygens (including phenoxy) is 1. The van der Waals surface area contributed by atoms with Crippen molar-refractivity contribution < 1.29 is 23.8 Å². The Kier molecular flexibility index (Phi) is 7.61. The van der Waals surface area contributed by atoms with Gasteiger partial charge in [0, 0.05) is 27.7 Å². The quantitative estimate of drug-likeness (QED) is 0.165. The molecule has 2 heterocycles. The van der Waals surface area contributed by atoms with Gasteiger partial charge >= 0.3 is 11.9 Å². The van der Waals surface area contributed by atoms with Gasteiger partial charge in [-0.15, -0.1) is 10.2 Å². The maximum absolute atomic E-state index is 12.0. The van der Waals surface area contributed by atoms with Crippen LogP contribution in [0.1, 0.15) is 34.2 Å². The molecule has 36 heavy (non-hydrogen) atoms. The number of aryl methyl sites for hydroxylation is 1. The molecule has 0 aliphatic rings. The summed E-state index contributed by atoms with van der Waals surface area (Å²) >= 11 is 6.79. The Hall–Kier alpha value is -3.82. The van der Waals surface area contributed by atoms with E-state index in [0.29, 0.717) is 22.8 Å². The van der Waals surface area contributed by atoms with Gasteiger partial charge in [0.15, 0.2) is 0 Å². The number of hydrogen-bond acceptors (Lipinski definition) is 7. The third-order valence-corrected chi connectivity index (χ3v) is 6.40. The standard InChI is InChI=1S/C26H22ClN3O5S/c1-4-34-25(33)18-7-11-21(12-8-18)30-15(2)13-19(16(30)3)14-22(24(31)32)36-26-29-28-23(35-26)17-5-9-20(27)10-6-17/h5-14H,4H2,1-3H3,(H,31,32)/b22-14-. The summed E-state index contributed by atoms with van der Waals surface area (Å²) in [5, 5.41) is 18.5. The highest BCUT2D eigenvalue weighted by atomic mass is 35.5. The maximum atomic E-state index is 12.0. The van der Waals surface area contributed by atoms with E-state index in [-0.39, 0.29) is 22.0 Å². The summed E-state index contributed by atoms with van der Waals surface area (Å²) in [6, 6.07) is 15.8. The van der Waals surface area contributed by atoms with Crippen LogP contribution in [-0.2, 0) is 9.53 Å². The molecule has 1 N–H and O–H groups in total. The minimum atomic E-state index is -1.12. The molecule has 0 saturated heterocycles. The van der Waals surface area contributed by atoms with Crippen molar-refractivity contribution >= 4 is 41.4 Å². The number of aliphatic carboxylic acids is 1. The Labute approximate surface area is 216 Å². The zero-order chi connectivity index (χ0) is 25.8. The third-order valence-electron chi connectivity index (χ3n) is 5.30. The number of halogens is 1. The number of carbonyl (C=O) groups excluding carboxylic acids is 1. The number of carboxylic acids is 1. The van der Waals surface area contributed by atoms with E-state index >= 15 is 0 Å². The van der Waals surface area contributed by atoms with Gasteiger partial charge in [0.1, 0.15) is 4.91 Å². The van der Waals surface area contributed by atoms with E-state index in [9.17, 15) is 14.7 Å². The molecule has 4 aromatic rings. The minimum Gasteiger partial charge on any atom is -0.477 e. The lowest BCUT2D eigenvalue weighted by Gasteiger charge is -2.10. The fraction of sp³-hybridized carbons (Fsp3) is 0.154. The molecule has 0 aliphatic heterocycles. The van der Waals surface area contributed by atoms with Crippen LogP contribution in [0.15, 0.2) is 69.1 Å². The van der Waals surface area contributed by atoms with Gasteiger partial charge in [-0.25, -0.2) is 9.59 Å². The number of aromatic nitrogens is 3. The minimum absolute atomic E-state index is 0.0271. The summed E-state index contributed by atoms with van der Waals surface area (Å²) in [4.78, 5) is 24.0. The fourth-order valence-corrected chi connectivity index (χ4v) is 4.41. The average molecular weight is 524 g/mol. The monoisotopic (exact) mass is 523 g/mol. The van der Waals surface area contributed by atoms with E-state index in [0.717, 1.165) is 34.4 Å². The molecule has 0 saturated carbocycles. The highest BCUT2D eigenvalue weighted by Crippen LogP contribution is 2.32. The van der Waals surface area contributed by atoms with E-state index in [2.05, 4.69) is 10.2 Å². The molecule has 0 fully saturated rings. The molecule has 8 nitrogen and oxygen atoms in total. The summed E-state index contributed by atoms with van der Waals surface area (Å²) in [7, 11) is 0. The van der Waals surface area contributed by atoms with Crippen molar-refractivity contribution in [3.05, 3.63) is 87.0 Å². The van der Waals surface area contributed by atoms with Crippen molar-refractivity contribution in [1.29, 1.82) is 0 Å². The lowest BCUT2D eigenvalue weighted by atomic mass is 10.2. The van der Waals surface area contributed by atoms with Crippen molar-refractivity contribution in [2.45, 2.75) is 26.0 Å². The van der Waals surface area contributed by atoms with Crippen LogP contribution in [-0.4, -0.2) is 38.4 Å². The van der Waals surface area contributed by atoms with Gasteiger partial charge in [-0.2, -0.15) is 0 Å². The first kappa shape index (κ1) is 25.3. The predicted molar refractivity (Wildman–Crippen MR) is 137 cm³/mol. The first-order chi connectivity index (χ1) is 17.3. The van der Waals surface area contributed by atoms with E-state index in [1.807, 2.05) is 36.6 Å². The first-order valence-electron chi connectivity index (χ1n) is 11.0.